The summed E-state index contributed by atoms with van der Waals surface area (Å²) in [5, 5.41) is 8.39. The first-order valence-electron chi connectivity index (χ1n) is 7.30. The number of rotatable bonds is 1. The highest BCUT2D eigenvalue weighted by Gasteiger charge is 2.26. The van der Waals surface area contributed by atoms with Crippen LogP contribution in [-0.4, -0.2) is 53.0 Å². The second-order valence-electron chi connectivity index (χ2n) is 6.43. The van der Waals surface area contributed by atoms with Gasteiger partial charge in [-0.15, -0.1) is 5.10 Å². The van der Waals surface area contributed by atoms with Gasteiger partial charge in [-0.1, -0.05) is 0 Å². The molecule has 1 amide bonds. The summed E-state index contributed by atoms with van der Waals surface area (Å²) >= 11 is 0. The Kier molecular flexibility index (Phi) is 4.34. The fourth-order valence-corrected chi connectivity index (χ4v) is 2.13. The zero-order valence-corrected chi connectivity index (χ0v) is 13.5. The van der Waals surface area contributed by atoms with E-state index < -0.39 is 5.60 Å². The molecule has 1 saturated heterocycles. The van der Waals surface area contributed by atoms with Gasteiger partial charge in [0.15, 0.2) is 5.82 Å². The smallest absolute Gasteiger partial charge is 0.410 e. The van der Waals surface area contributed by atoms with Crippen molar-refractivity contribution in [2.45, 2.75) is 40.2 Å². The van der Waals surface area contributed by atoms with Crippen LogP contribution in [0, 0.1) is 13.8 Å². The molecule has 0 saturated carbocycles. The van der Waals surface area contributed by atoms with Crippen LogP contribution in [0.2, 0.25) is 0 Å². The Morgan fingerprint density at radius 1 is 1.14 bits per heavy atom. The van der Waals surface area contributed by atoms with E-state index in [4.69, 9.17) is 4.74 Å². The molecule has 1 aromatic rings. The molecule has 0 spiro atoms. The molecule has 2 rings (SSSR count). The Labute approximate surface area is 126 Å². The fourth-order valence-electron chi connectivity index (χ4n) is 2.13. The minimum Gasteiger partial charge on any atom is -0.444 e. The van der Waals surface area contributed by atoms with Crippen LogP contribution in [0.25, 0.3) is 0 Å². The highest BCUT2D eigenvalue weighted by atomic mass is 16.6. The Morgan fingerprint density at radius 2 is 1.76 bits per heavy atom. The topological polar surface area (TPSA) is 58.6 Å². The molecule has 0 aromatic carbocycles. The first kappa shape index (κ1) is 15.5. The SMILES string of the molecule is Cc1cc(N2CCN(C(=O)OC(C)(C)C)CC2)nnc1C. The second-order valence-corrected chi connectivity index (χ2v) is 6.43. The van der Waals surface area contributed by atoms with Gasteiger partial charge in [-0.25, -0.2) is 4.79 Å². The minimum atomic E-state index is -0.451. The van der Waals surface area contributed by atoms with E-state index in [1.807, 2.05) is 40.7 Å². The van der Waals surface area contributed by atoms with Crippen molar-refractivity contribution in [1.29, 1.82) is 0 Å². The third kappa shape index (κ3) is 4.06. The maximum absolute atomic E-state index is 12.0. The summed E-state index contributed by atoms with van der Waals surface area (Å²) in [5.41, 5.74) is 1.63. The number of anilines is 1. The number of hydrogen-bond acceptors (Lipinski definition) is 5. The number of carbonyl (C=O) groups is 1. The lowest BCUT2D eigenvalue weighted by atomic mass is 10.2. The largest absolute Gasteiger partial charge is 0.444 e. The number of aromatic nitrogens is 2. The van der Waals surface area contributed by atoms with Gasteiger partial charge in [0.1, 0.15) is 5.60 Å². The molecule has 0 radical (unpaired) electrons. The highest BCUT2D eigenvalue weighted by molar-refractivity contribution is 5.68. The van der Waals surface area contributed by atoms with E-state index in [0.717, 1.165) is 30.2 Å². The van der Waals surface area contributed by atoms with Gasteiger partial charge in [-0.3, -0.25) is 0 Å². The fraction of sp³-hybridized carbons (Fsp3) is 0.667. The van der Waals surface area contributed by atoms with Gasteiger partial charge in [-0.2, -0.15) is 5.10 Å². The monoisotopic (exact) mass is 292 g/mol. The summed E-state index contributed by atoms with van der Waals surface area (Å²) in [6, 6.07) is 2.05. The van der Waals surface area contributed by atoms with Crippen LogP contribution in [0.5, 0.6) is 0 Å². The van der Waals surface area contributed by atoms with Crippen molar-refractivity contribution in [3.05, 3.63) is 17.3 Å². The van der Waals surface area contributed by atoms with E-state index in [1.54, 1.807) is 4.90 Å². The Bertz CT molecular complexity index is 517. The molecule has 1 fully saturated rings. The van der Waals surface area contributed by atoms with Crippen LogP contribution in [0.4, 0.5) is 10.6 Å². The molecule has 6 nitrogen and oxygen atoms in total. The average Bonchev–Trinajstić information content (AvgIpc) is 2.40. The van der Waals surface area contributed by atoms with Crippen molar-refractivity contribution >= 4 is 11.9 Å². The Morgan fingerprint density at radius 3 is 2.29 bits per heavy atom. The van der Waals surface area contributed by atoms with Crippen LogP contribution in [-0.2, 0) is 4.74 Å². The maximum Gasteiger partial charge on any atom is 0.410 e. The lowest BCUT2D eigenvalue weighted by molar-refractivity contribution is 0.0240. The second kappa shape index (κ2) is 5.87. The van der Waals surface area contributed by atoms with Gasteiger partial charge in [-0.05, 0) is 46.2 Å². The molecular formula is C15H24N4O2. The molecule has 0 N–H and O–H groups in total. The van der Waals surface area contributed by atoms with E-state index in [9.17, 15) is 4.79 Å². The van der Waals surface area contributed by atoms with Gasteiger partial charge in [0.05, 0.1) is 5.69 Å². The standard InChI is InChI=1S/C15H24N4O2/c1-11-10-13(17-16-12(11)2)18-6-8-19(9-7-18)14(20)21-15(3,4)5/h10H,6-9H2,1-5H3. The van der Waals surface area contributed by atoms with Crippen LogP contribution in [0.1, 0.15) is 32.0 Å². The van der Waals surface area contributed by atoms with Crippen molar-refractivity contribution in [2.75, 3.05) is 31.1 Å². The van der Waals surface area contributed by atoms with Crippen LogP contribution >= 0.6 is 0 Å². The predicted molar refractivity (Wildman–Crippen MR) is 81.5 cm³/mol. The molecule has 6 heteroatoms. The summed E-state index contributed by atoms with van der Waals surface area (Å²) < 4.78 is 5.39. The van der Waals surface area contributed by atoms with Crippen molar-refractivity contribution in [3.8, 4) is 0 Å². The summed E-state index contributed by atoms with van der Waals surface area (Å²) in [4.78, 5) is 15.9. The van der Waals surface area contributed by atoms with Crippen molar-refractivity contribution < 1.29 is 9.53 Å². The molecular weight excluding hydrogens is 268 g/mol. The number of piperazine rings is 1. The van der Waals surface area contributed by atoms with E-state index in [1.165, 1.54) is 0 Å². The normalized spacial score (nSPS) is 16.0. The van der Waals surface area contributed by atoms with E-state index >= 15 is 0 Å². The van der Waals surface area contributed by atoms with E-state index in [2.05, 4.69) is 15.1 Å². The highest BCUT2D eigenvalue weighted by Crippen LogP contribution is 2.17. The Balaban J connectivity index is 1.94. The summed E-state index contributed by atoms with van der Waals surface area (Å²) in [6.45, 7) is 12.4. The van der Waals surface area contributed by atoms with E-state index in [0.29, 0.717) is 13.1 Å². The number of hydrogen-bond donors (Lipinski definition) is 0. The molecule has 116 valence electrons. The van der Waals surface area contributed by atoms with Gasteiger partial charge in [0.2, 0.25) is 0 Å². The number of nitrogens with zero attached hydrogens (tertiary/aromatic N) is 4. The molecule has 0 unspecified atom stereocenters. The molecule has 1 aliphatic rings. The number of ether oxygens (including phenoxy) is 1. The first-order chi connectivity index (χ1) is 9.76. The molecule has 1 aromatic heterocycles. The van der Waals surface area contributed by atoms with Crippen LogP contribution < -0.4 is 4.90 Å². The van der Waals surface area contributed by atoms with Crippen LogP contribution in [0.15, 0.2) is 6.07 Å². The maximum atomic E-state index is 12.0. The minimum absolute atomic E-state index is 0.242. The molecule has 0 bridgehead atoms. The predicted octanol–water partition coefficient (Wildman–Crippen LogP) is 2.15. The van der Waals surface area contributed by atoms with Crippen molar-refractivity contribution in [1.82, 2.24) is 15.1 Å². The third-order valence-corrected chi connectivity index (χ3v) is 3.47. The molecule has 0 atom stereocenters. The Hall–Kier alpha value is -1.85. The quantitative estimate of drug-likeness (QED) is 0.794. The number of carbonyl (C=O) groups excluding carboxylic acids is 1. The summed E-state index contributed by atoms with van der Waals surface area (Å²) in [6.07, 6.45) is -0.242. The molecule has 21 heavy (non-hydrogen) atoms. The van der Waals surface area contributed by atoms with Crippen molar-refractivity contribution in [3.63, 3.8) is 0 Å². The van der Waals surface area contributed by atoms with Gasteiger partial charge >= 0.3 is 6.09 Å². The zero-order chi connectivity index (χ0) is 15.6. The molecule has 0 aliphatic carbocycles. The van der Waals surface area contributed by atoms with Gasteiger partial charge in [0.25, 0.3) is 0 Å². The van der Waals surface area contributed by atoms with Crippen LogP contribution in [0.3, 0.4) is 0 Å². The lowest BCUT2D eigenvalue weighted by Crippen LogP contribution is -2.50. The van der Waals surface area contributed by atoms with Crippen molar-refractivity contribution in [2.24, 2.45) is 0 Å². The third-order valence-electron chi connectivity index (χ3n) is 3.47. The number of amides is 1. The zero-order valence-electron chi connectivity index (χ0n) is 13.5. The first-order valence-corrected chi connectivity index (χ1v) is 7.30. The average molecular weight is 292 g/mol. The molecule has 2 heterocycles. The summed E-state index contributed by atoms with van der Waals surface area (Å²) in [5.74, 6) is 0.877. The lowest BCUT2D eigenvalue weighted by Gasteiger charge is -2.36. The van der Waals surface area contributed by atoms with E-state index in [-0.39, 0.29) is 6.09 Å². The molecule has 1 aliphatic heterocycles. The van der Waals surface area contributed by atoms with Gasteiger partial charge in [0, 0.05) is 26.2 Å². The summed E-state index contributed by atoms with van der Waals surface area (Å²) in [7, 11) is 0. The number of aryl methyl sites for hydroxylation is 2. The van der Waals surface area contributed by atoms with Gasteiger partial charge < -0.3 is 14.5 Å².